The number of hydrogen-bond donors (Lipinski definition) is 1. The average Bonchev–Trinajstić information content (AvgIpc) is 2.69. The number of para-hydroxylation sites is 3. The topological polar surface area (TPSA) is 58.1 Å². The minimum absolute atomic E-state index is 0.136. The van der Waals surface area contributed by atoms with Crippen LogP contribution in [0.1, 0.15) is 29.8 Å². The zero-order valence-electron chi connectivity index (χ0n) is 14.3. The maximum absolute atomic E-state index is 13.9. The molecule has 1 saturated heterocycles. The fraction of sp³-hybridized carbons (Fsp3) is 0.250. The first-order valence-electron chi connectivity index (χ1n) is 8.80. The maximum Gasteiger partial charge on any atom is 0.278 e. The van der Waals surface area contributed by atoms with E-state index in [0.29, 0.717) is 11.3 Å². The Labute approximate surface area is 150 Å². The van der Waals surface area contributed by atoms with E-state index in [4.69, 9.17) is 4.98 Å². The van der Waals surface area contributed by atoms with Crippen LogP contribution < -0.4 is 10.2 Å². The van der Waals surface area contributed by atoms with E-state index in [2.05, 4.69) is 15.2 Å². The molecule has 2 heterocycles. The standard InChI is InChI=1S/C20H19FN4O/c21-14-8-2-3-9-15(14)24-20(26)18-19(25-12-6-1-7-13-25)23-17-11-5-4-10-16(17)22-18/h2-5,8-11H,1,6-7,12-13H2,(H,24,26). The summed E-state index contributed by atoms with van der Waals surface area (Å²) in [5.41, 5.74) is 1.76. The van der Waals surface area contributed by atoms with Crippen molar-refractivity contribution >= 4 is 28.4 Å². The largest absolute Gasteiger partial charge is 0.355 e. The first kappa shape index (κ1) is 16.4. The first-order chi connectivity index (χ1) is 12.7. The summed E-state index contributed by atoms with van der Waals surface area (Å²) >= 11 is 0. The molecule has 1 amide bonds. The molecule has 0 aliphatic carbocycles. The third-order valence-electron chi connectivity index (χ3n) is 4.54. The van der Waals surface area contributed by atoms with Gasteiger partial charge in [-0.1, -0.05) is 24.3 Å². The first-order valence-corrected chi connectivity index (χ1v) is 8.80. The van der Waals surface area contributed by atoms with Gasteiger partial charge in [-0.05, 0) is 43.5 Å². The van der Waals surface area contributed by atoms with E-state index < -0.39 is 11.7 Å². The van der Waals surface area contributed by atoms with E-state index in [1.54, 1.807) is 12.1 Å². The van der Waals surface area contributed by atoms with Crippen molar-refractivity contribution in [2.75, 3.05) is 23.3 Å². The number of fused-ring (bicyclic) bond motifs is 1. The molecule has 1 aromatic heterocycles. The van der Waals surface area contributed by atoms with E-state index in [9.17, 15) is 9.18 Å². The van der Waals surface area contributed by atoms with Crippen LogP contribution in [0.15, 0.2) is 48.5 Å². The lowest BCUT2D eigenvalue weighted by Crippen LogP contribution is -2.33. The predicted octanol–water partition coefficient (Wildman–Crippen LogP) is 4.01. The molecule has 0 saturated carbocycles. The highest BCUT2D eigenvalue weighted by Gasteiger charge is 2.23. The highest BCUT2D eigenvalue weighted by Crippen LogP contribution is 2.25. The fourth-order valence-electron chi connectivity index (χ4n) is 3.21. The Morgan fingerprint density at radius 1 is 0.923 bits per heavy atom. The number of piperidine rings is 1. The van der Waals surface area contributed by atoms with Crippen LogP contribution in [0.3, 0.4) is 0 Å². The van der Waals surface area contributed by atoms with Gasteiger partial charge >= 0.3 is 0 Å². The van der Waals surface area contributed by atoms with Crippen molar-refractivity contribution in [3.63, 3.8) is 0 Å². The van der Waals surface area contributed by atoms with E-state index in [1.165, 1.54) is 18.6 Å². The van der Waals surface area contributed by atoms with Gasteiger partial charge in [0.15, 0.2) is 11.5 Å². The van der Waals surface area contributed by atoms with Crippen molar-refractivity contribution in [3.05, 3.63) is 60.0 Å². The van der Waals surface area contributed by atoms with Crippen LogP contribution >= 0.6 is 0 Å². The summed E-state index contributed by atoms with van der Waals surface area (Å²) in [4.78, 5) is 24.2. The predicted molar refractivity (Wildman–Crippen MR) is 100.0 cm³/mol. The number of hydrogen-bond acceptors (Lipinski definition) is 4. The van der Waals surface area contributed by atoms with Crippen LogP contribution in [-0.2, 0) is 0 Å². The minimum atomic E-state index is -0.478. The number of benzene rings is 2. The average molecular weight is 350 g/mol. The summed E-state index contributed by atoms with van der Waals surface area (Å²) in [6.45, 7) is 1.68. The Bertz CT molecular complexity index is 953. The molecule has 3 aromatic rings. The van der Waals surface area contributed by atoms with Crippen molar-refractivity contribution in [1.82, 2.24) is 9.97 Å². The van der Waals surface area contributed by atoms with Crippen LogP contribution in [-0.4, -0.2) is 29.0 Å². The van der Waals surface area contributed by atoms with E-state index in [-0.39, 0.29) is 11.4 Å². The molecule has 1 fully saturated rings. The van der Waals surface area contributed by atoms with Gasteiger partial charge in [-0.3, -0.25) is 4.79 Å². The Kier molecular flexibility index (Phi) is 4.48. The SMILES string of the molecule is O=C(Nc1ccccc1F)c1nc2ccccc2nc1N1CCCCC1. The minimum Gasteiger partial charge on any atom is -0.355 e. The van der Waals surface area contributed by atoms with Gasteiger partial charge in [-0.2, -0.15) is 0 Å². The zero-order chi connectivity index (χ0) is 17.9. The lowest BCUT2D eigenvalue weighted by Gasteiger charge is -2.29. The van der Waals surface area contributed by atoms with E-state index >= 15 is 0 Å². The monoisotopic (exact) mass is 350 g/mol. The molecule has 0 atom stereocenters. The number of aromatic nitrogens is 2. The third-order valence-corrected chi connectivity index (χ3v) is 4.54. The number of anilines is 2. The number of rotatable bonds is 3. The van der Waals surface area contributed by atoms with Crippen LogP contribution in [0.4, 0.5) is 15.9 Å². The van der Waals surface area contributed by atoms with Gasteiger partial charge in [0.25, 0.3) is 5.91 Å². The summed E-state index contributed by atoms with van der Waals surface area (Å²) in [6.07, 6.45) is 3.29. The second-order valence-corrected chi connectivity index (χ2v) is 6.37. The Morgan fingerprint density at radius 3 is 2.31 bits per heavy atom. The lowest BCUT2D eigenvalue weighted by atomic mass is 10.1. The van der Waals surface area contributed by atoms with Crippen molar-refractivity contribution in [2.45, 2.75) is 19.3 Å². The van der Waals surface area contributed by atoms with Gasteiger partial charge in [-0.25, -0.2) is 14.4 Å². The molecule has 0 spiro atoms. The second-order valence-electron chi connectivity index (χ2n) is 6.37. The number of nitrogens with one attached hydrogen (secondary N) is 1. The number of nitrogens with zero attached hydrogens (tertiary/aromatic N) is 3. The second kappa shape index (κ2) is 7.07. The van der Waals surface area contributed by atoms with Gasteiger partial charge in [-0.15, -0.1) is 0 Å². The maximum atomic E-state index is 13.9. The highest BCUT2D eigenvalue weighted by molar-refractivity contribution is 6.07. The Hall–Kier alpha value is -3.02. The molecule has 1 aliphatic heterocycles. The molecule has 26 heavy (non-hydrogen) atoms. The summed E-state index contributed by atoms with van der Waals surface area (Å²) < 4.78 is 13.9. The van der Waals surface area contributed by atoms with Crippen LogP contribution in [0.25, 0.3) is 11.0 Å². The van der Waals surface area contributed by atoms with Crippen LogP contribution in [0.5, 0.6) is 0 Å². The normalized spacial score (nSPS) is 14.4. The smallest absolute Gasteiger partial charge is 0.278 e. The van der Waals surface area contributed by atoms with Crippen molar-refractivity contribution in [1.29, 1.82) is 0 Å². The molecular formula is C20H19FN4O. The molecule has 0 unspecified atom stereocenters. The van der Waals surface area contributed by atoms with Gasteiger partial charge in [0.1, 0.15) is 5.82 Å². The molecule has 5 nitrogen and oxygen atoms in total. The molecular weight excluding hydrogens is 331 g/mol. The van der Waals surface area contributed by atoms with E-state index in [1.807, 2.05) is 24.3 Å². The third kappa shape index (κ3) is 3.22. The van der Waals surface area contributed by atoms with E-state index in [0.717, 1.165) is 31.4 Å². The number of carbonyl (C=O) groups is 1. The summed E-state index contributed by atoms with van der Waals surface area (Å²) in [5.74, 6) is -0.361. The van der Waals surface area contributed by atoms with Crippen molar-refractivity contribution in [2.24, 2.45) is 0 Å². The molecule has 1 N–H and O–H groups in total. The quantitative estimate of drug-likeness (QED) is 0.775. The molecule has 1 aliphatic rings. The van der Waals surface area contributed by atoms with Crippen molar-refractivity contribution in [3.8, 4) is 0 Å². The molecule has 2 aromatic carbocycles. The van der Waals surface area contributed by atoms with Gasteiger partial charge in [0.2, 0.25) is 0 Å². The van der Waals surface area contributed by atoms with Crippen molar-refractivity contribution < 1.29 is 9.18 Å². The fourth-order valence-corrected chi connectivity index (χ4v) is 3.21. The molecule has 6 heteroatoms. The summed E-state index contributed by atoms with van der Waals surface area (Å²) in [6, 6.07) is 13.6. The summed E-state index contributed by atoms with van der Waals surface area (Å²) in [5, 5.41) is 2.63. The molecule has 132 valence electrons. The number of halogens is 1. The Balaban J connectivity index is 1.76. The van der Waals surface area contributed by atoms with Gasteiger partial charge < -0.3 is 10.2 Å². The molecule has 0 radical (unpaired) electrons. The summed E-state index contributed by atoms with van der Waals surface area (Å²) in [7, 11) is 0. The number of amides is 1. The Morgan fingerprint density at radius 2 is 1.58 bits per heavy atom. The highest BCUT2D eigenvalue weighted by atomic mass is 19.1. The zero-order valence-corrected chi connectivity index (χ0v) is 14.3. The molecule has 4 rings (SSSR count). The van der Waals surface area contributed by atoms with Crippen LogP contribution in [0, 0.1) is 5.82 Å². The molecule has 0 bridgehead atoms. The van der Waals surface area contributed by atoms with Gasteiger partial charge in [0, 0.05) is 13.1 Å². The lowest BCUT2D eigenvalue weighted by molar-refractivity contribution is 0.102. The number of carbonyl (C=O) groups excluding carboxylic acids is 1. The van der Waals surface area contributed by atoms with Gasteiger partial charge in [0.05, 0.1) is 16.7 Å². The van der Waals surface area contributed by atoms with Crippen LogP contribution in [0.2, 0.25) is 0 Å².